The van der Waals surface area contributed by atoms with Crippen molar-refractivity contribution in [2.75, 3.05) is 7.11 Å². The molecule has 0 aromatic heterocycles. The molecule has 1 atom stereocenters. The van der Waals surface area contributed by atoms with Gasteiger partial charge in [-0.15, -0.1) is 0 Å². The highest BCUT2D eigenvalue weighted by Gasteiger charge is 2.15. The van der Waals surface area contributed by atoms with Gasteiger partial charge in [0.05, 0.1) is 11.6 Å². The van der Waals surface area contributed by atoms with Crippen LogP contribution >= 0.6 is 43.5 Å². The highest BCUT2D eigenvalue weighted by atomic mass is 79.9. The van der Waals surface area contributed by atoms with Gasteiger partial charge in [-0.25, -0.2) is 0 Å². The molecule has 0 heterocycles. The maximum atomic E-state index is 5.97. The Morgan fingerprint density at radius 3 is 2.64 bits per heavy atom. The maximum absolute atomic E-state index is 5.97. The van der Waals surface area contributed by atoms with Crippen molar-refractivity contribution in [2.24, 2.45) is 0 Å². The molecule has 1 rings (SSSR count). The van der Waals surface area contributed by atoms with Crippen LogP contribution in [0.4, 0.5) is 0 Å². The lowest BCUT2D eigenvalue weighted by molar-refractivity contribution is 0.406. The molecule has 1 nitrogen and oxygen atoms in total. The van der Waals surface area contributed by atoms with E-state index in [1.165, 1.54) is 0 Å². The second-order valence-corrected chi connectivity index (χ2v) is 5.28. The number of ether oxygens (including phenoxy) is 1. The Hall–Kier alpha value is 0.270. The zero-order chi connectivity index (χ0) is 10.7. The molecule has 1 unspecified atom stereocenters. The normalized spacial score (nSPS) is 12.6. The van der Waals surface area contributed by atoms with Gasteiger partial charge < -0.3 is 4.74 Å². The Kier molecular flexibility index (Phi) is 4.74. The van der Waals surface area contributed by atoms with E-state index in [0.29, 0.717) is 5.02 Å². The molecule has 4 heteroatoms. The average Bonchev–Trinajstić information content (AvgIpc) is 2.15. The van der Waals surface area contributed by atoms with Crippen LogP contribution in [-0.2, 0) is 0 Å². The lowest BCUT2D eigenvalue weighted by Crippen LogP contribution is -1.95. The number of alkyl halides is 1. The number of halogens is 3. The summed E-state index contributed by atoms with van der Waals surface area (Å²) in [7, 11) is 1.66. The monoisotopic (exact) mass is 340 g/mol. The predicted molar refractivity (Wildman–Crippen MR) is 67.7 cm³/mol. The fraction of sp³-hybridized carbons (Fsp3) is 0.400. The lowest BCUT2D eigenvalue weighted by atomic mass is 10.1. The van der Waals surface area contributed by atoms with Crippen molar-refractivity contribution < 1.29 is 4.74 Å². The molecular formula is C10H11Br2ClO. The van der Waals surface area contributed by atoms with Crippen LogP contribution in [0.15, 0.2) is 16.6 Å². The van der Waals surface area contributed by atoms with Gasteiger partial charge in [-0.1, -0.05) is 34.5 Å². The second kappa shape index (κ2) is 5.38. The summed E-state index contributed by atoms with van der Waals surface area (Å²) in [6.07, 6.45) is 0.989. The largest absolute Gasteiger partial charge is 0.495 e. The standard InChI is InChI=1S/C10H11Br2ClO/c1-3-8(11)7-4-6(13)5-9(12)10(7)14-2/h4-5,8H,3H2,1-2H3. The third kappa shape index (κ3) is 2.65. The molecule has 1 aromatic carbocycles. The number of hydrogen-bond acceptors (Lipinski definition) is 1. The molecule has 0 saturated heterocycles. The first-order valence-corrected chi connectivity index (χ1v) is 6.35. The van der Waals surface area contributed by atoms with Crippen LogP contribution in [0.5, 0.6) is 5.75 Å². The summed E-state index contributed by atoms with van der Waals surface area (Å²) in [6.45, 7) is 2.10. The average molecular weight is 342 g/mol. The molecule has 0 aliphatic carbocycles. The van der Waals surface area contributed by atoms with Gasteiger partial charge in [-0.3, -0.25) is 0 Å². The quantitative estimate of drug-likeness (QED) is 0.706. The van der Waals surface area contributed by atoms with Crippen molar-refractivity contribution in [3.8, 4) is 5.75 Å². The van der Waals surface area contributed by atoms with Crippen molar-refractivity contribution in [2.45, 2.75) is 18.2 Å². The summed E-state index contributed by atoms with van der Waals surface area (Å²) in [5.41, 5.74) is 1.08. The van der Waals surface area contributed by atoms with E-state index in [0.717, 1.165) is 22.2 Å². The summed E-state index contributed by atoms with van der Waals surface area (Å²) in [4.78, 5) is 0.271. The van der Waals surface area contributed by atoms with Gasteiger partial charge in [0.1, 0.15) is 5.75 Å². The van der Waals surface area contributed by atoms with Crippen LogP contribution in [0.2, 0.25) is 5.02 Å². The first-order chi connectivity index (χ1) is 6.60. The number of rotatable bonds is 3. The van der Waals surface area contributed by atoms with Gasteiger partial charge in [0, 0.05) is 15.4 Å². The topological polar surface area (TPSA) is 9.23 Å². The Morgan fingerprint density at radius 1 is 1.50 bits per heavy atom. The summed E-state index contributed by atoms with van der Waals surface area (Å²) in [6, 6.07) is 3.76. The first kappa shape index (κ1) is 12.3. The molecule has 14 heavy (non-hydrogen) atoms. The van der Waals surface area contributed by atoms with Crippen LogP contribution in [-0.4, -0.2) is 7.11 Å². The highest BCUT2D eigenvalue weighted by Crippen LogP contribution is 2.40. The lowest BCUT2D eigenvalue weighted by Gasteiger charge is -2.14. The van der Waals surface area contributed by atoms with Crippen molar-refractivity contribution in [3.63, 3.8) is 0 Å². The van der Waals surface area contributed by atoms with Crippen LogP contribution in [0.1, 0.15) is 23.7 Å². The smallest absolute Gasteiger partial charge is 0.137 e. The molecule has 0 saturated carbocycles. The molecule has 78 valence electrons. The van der Waals surface area contributed by atoms with Gasteiger partial charge in [-0.2, -0.15) is 0 Å². The molecule has 0 bridgehead atoms. The number of methoxy groups -OCH3 is 1. The molecule has 0 spiro atoms. The minimum absolute atomic E-state index is 0.271. The molecular weight excluding hydrogens is 331 g/mol. The molecule has 0 N–H and O–H groups in total. The fourth-order valence-electron chi connectivity index (χ4n) is 1.25. The van der Waals surface area contributed by atoms with E-state index >= 15 is 0 Å². The number of benzene rings is 1. The molecule has 0 aliphatic rings. The SMILES string of the molecule is CCC(Br)c1cc(Cl)cc(Br)c1OC. The van der Waals surface area contributed by atoms with Crippen molar-refractivity contribution in [3.05, 3.63) is 27.2 Å². The van der Waals surface area contributed by atoms with Crippen molar-refractivity contribution >= 4 is 43.5 Å². The molecule has 0 aliphatic heterocycles. The Morgan fingerprint density at radius 2 is 2.14 bits per heavy atom. The molecule has 0 radical (unpaired) electrons. The second-order valence-electron chi connectivity index (χ2n) is 2.89. The minimum atomic E-state index is 0.271. The number of hydrogen-bond donors (Lipinski definition) is 0. The first-order valence-electron chi connectivity index (χ1n) is 4.27. The van der Waals surface area contributed by atoms with E-state index in [4.69, 9.17) is 16.3 Å². The van der Waals surface area contributed by atoms with Gasteiger partial charge in [0.2, 0.25) is 0 Å². The summed E-state index contributed by atoms with van der Waals surface area (Å²) < 4.78 is 6.21. The zero-order valence-electron chi connectivity index (χ0n) is 7.98. The third-order valence-electron chi connectivity index (χ3n) is 1.94. The molecule has 1 aromatic rings. The summed E-state index contributed by atoms with van der Waals surface area (Å²) in [5, 5.41) is 0.713. The van der Waals surface area contributed by atoms with E-state index in [2.05, 4.69) is 38.8 Å². The van der Waals surface area contributed by atoms with Gasteiger partial charge >= 0.3 is 0 Å². The maximum Gasteiger partial charge on any atom is 0.137 e. The molecule has 0 fully saturated rings. The third-order valence-corrected chi connectivity index (χ3v) is 3.89. The van der Waals surface area contributed by atoms with Gasteiger partial charge in [0.25, 0.3) is 0 Å². The van der Waals surface area contributed by atoms with E-state index in [1.54, 1.807) is 7.11 Å². The van der Waals surface area contributed by atoms with Crippen LogP contribution in [0.3, 0.4) is 0 Å². The molecule has 0 amide bonds. The van der Waals surface area contributed by atoms with Gasteiger partial charge in [-0.05, 0) is 34.5 Å². The van der Waals surface area contributed by atoms with Crippen LogP contribution < -0.4 is 4.74 Å². The van der Waals surface area contributed by atoms with E-state index < -0.39 is 0 Å². The van der Waals surface area contributed by atoms with Crippen LogP contribution in [0.25, 0.3) is 0 Å². The Bertz CT molecular complexity index is 328. The van der Waals surface area contributed by atoms with Crippen LogP contribution in [0, 0.1) is 0 Å². The Balaban J connectivity index is 3.24. The van der Waals surface area contributed by atoms with Crippen molar-refractivity contribution in [1.29, 1.82) is 0 Å². The van der Waals surface area contributed by atoms with Crippen molar-refractivity contribution in [1.82, 2.24) is 0 Å². The highest BCUT2D eigenvalue weighted by molar-refractivity contribution is 9.10. The predicted octanol–water partition coefficient (Wildman–Crippen LogP) is 4.96. The summed E-state index contributed by atoms with van der Waals surface area (Å²) >= 11 is 13.0. The van der Waals surface area contributed by atoms with E-state index in [-0.39, 0.29) is 4.83 Å². The summed E-state index contributed by atoms with van der Waals surface area (Å²) in [5.74, 6) is 0.845. The minimum Gasteiger partial charge on any atom is -0.495 e. The van der Waals surface area contributed by atoms with E-state index in [9.17, 15) is 0 Å². The zero-order valence-corrected chi connectivity index (χ0v) is 11.9. The van der Waals surface area contributed by atoms with Gasteiger partial charge in [0.15, 0.2) is 0 Å². The Labute approximate surface area is 106 Å². The fourth-order valence-corrected chi connectivity index (χ4v) is 2.58. The van der Waals surface area contributed by atoms with E-state index in [1.807, 2.05) is 12.1 Å².